The highest BCUT2D eigenvalue weighted by Crippen LogP contribution is 2.28. The molecule has 0 spiro atoms. The fourth-order valence-corrected chi connectivity index (χ4v) is 3.68. The van der Waals surface area contributed by atoms with E-state index >= 15 is 0 Å². The highest BCUT2D eigenvalue weighted by molar-refractivity contribution is 9.10. The molecule has 0 radical (unpaired) electrons. The number of likely N-dealkylation sites (tertiary alicyclic amines) is 1. The van der Waals surface area contributed by atoms with Gasteiger partial charge in [-0.15, -0.1) is 0 Å². The van der Waals surface area contributed by atoms with E-state index in [1.165, 1.54) is 18.2 Å². The summed E-state index contributed by atoms with van der Waals surface area (Å²) in [7, 11) is 1.46. The third-order valence-electron chi connectivity index (χ3n) is 3.89. The molecule has 1 fully saturated rings. The van der Waals surface area contributed by atoms with Gasteiger partial charge < -0.3 is 4.74 Å². The molecule has 2 rings (SSSR count). The first-order valence-corrected chi connectivity index (χ1v) is 7.93. The van der Waals surface area contributed by atoms with E-state index in [-0.39, 0.29) is 11.9 Å². The summed E-state index contributed by atoms with van der Waals surface area (Å²) in [6.45, 7) is 4.73. The molecule has 0 aliphatic carbocycles. The number of ether oxygens (including phenoxy) is 1. The number of rotatable bonds is 3. The maximum Gasteiger partial charge on any atom is 0.308 e. The van der Waals surface area contributed by atoms with Crippen molar-refractivity contribution < 1.29 is 9.53 Å². The van der Waals surface area contributed by atoms with Crippen molar-refractivity contribution in [2.75, 3.05) is 20.2 Å². The lowest BCUT2D eigenvalue weighted by molar-refractivity contribution is -0.147. The molecule has 3 nitrogen and oxygen atoms in total. The Bertz CT molecular complexity index is 476. The zero-order valence-electron chi connectivity index (χ0n) is 11.8. The largest absolute Gasteiger partial charge is 0.469 e. The summed E-state index contributed by atoms with van der Waals surface area (Å²) in [6, 6.07) is 4.02. The number of carbonyl (C=O) groups excluding carboxylic acids is 1. The molecule has 0 unspecified atom stereocenters. The number of esters is 1. The third kappa shape index (κ3) is 3.74. The van der Waals surface area contributed by atoms with Crippen molar-refractivity contribution in [3.05, 3.63) is 32.8 Å². The average Bonchev–Trinajstić information content (AvgIpc) is 2.42. The quantitative estimate of drug-likeness (QED) is 0.768. The Morgan fingerprint density at radius 2 is 2.10 bits per heavy atom. The van der Waals surface area contributed by atoms with Gasteiger partial charge in [0.15, 0.2) is 0 Å². The Labute approximate surface area is 133 Å². The Hall–Kier alpha value is -0.580. The molecule has 1 aliphatic rings. The molecule has 1 aromatic carbocycles. The molecule has 1 saturated heterocycles. The standard InChI is InChI=1S/C15H19BrClNO2/c1-10-7-12(16)8-14(17)13(10)9-18-5-3-11(4-6-18)15(19)20-2/h7-8,11H,3-6,9H2,1-2H3. The van der Waals surface area contributed by atoms with Crippen LogP contribution in [-0.2, 0) is 16.1 Å². The van der Waals surface area contributed by atoms with E-state index in [1.54, 1.807) is 0 Å². The van der Waals surface area contributed by atoms with Gasteiger partial charge in [0.1, 0.15) is 0 Å². The minimum absolute atomic E-state index is 0.0535. The van der Waals surface area contributed by atoms with Crippen LogP contribution in [0.4, 0.5) is 0 Å². The smallest absolute Gasteiger partial charge is 0.308 e. The molecule has 0 N–H and O–H groups in total. The van der Waals surface area contributed by atoms with Gasteiger partial charge in [0, 0.05) is 16.0 Å². The number of halogens is 2. The number of carbonyl (C=O) groups is 1. The first kappa shape index (κ1) is 15.8. The van der Waals surface area contributed by atoms with Crippen molar-refractivity contribution in [2.45, 2.75) is 26.3 Å². The molecule has 0 saturated carbocycles. The van der Waals surface area contributed by atoms with Crippen molar-refractivity contribution in [3.63, 3.8) is 0 Å². The molecule has 1 aromatic rings. The topological polar surface area (TPSA) is 29.5 Å². The number of benzene rings is 1. The van der Waals surface area contributed by atoms with Crippen molar-refractivity contribution >= 4 is 33.5 Å². The summed E-state index contributed by atoms with van der Waals surface area (Å²) < 4.78 is 5.82. The van der Waals surface area contributed by atoms with E-state index in [0.717, 1.165) is 42.0 Å². The molecular weight excluding hydrogens is 342 g/mol. The van der Waals surface area contributed by atoms with Crippen LogP contribution in [0.1, 0.15) is 24.0 Å². The van der Waals surface area contributed by atoms with Crippen LogP contribution in [-0.4, -0.2) is 31.1 Å². The van der Waals surface area contributed by atoms with Gasteiger partial charge in [-0.1, -0.05) is 27.5 Å². The van der Waals surface area contributed by atoms with Gasteiger partial charge in [0.05, 0.1) is 13.0 Å². The number of methoxy groups -OCH3 is 1. The number of nitrogens with zero attached hydrogens (tertiary/aromatic N) is 1. The molecule has 20 heavy (non-hydrogen) atoms. The van der Waals surface area contributed by atoms with E-state index in [9.17, 15) is 4.79 Å². The lowest BCUT2D eigenvalue weighted by atomic mass is 9.96. The Kier molecular flexibility index (Phi) is 5.47. The van der Waals surface area contributed by atoms with Crippen LogP contribution in [0.25, 0.3) is 0 Å². The second-order valence-electron chi connectivity index (χ2n) is 5.26. The van der Waals surface area contributed by atoms with Gasteiger partial charge in [-0.05, 0) is 56.1 Å². The van der Waals surface area contributed by atoms with Crippen LogP contribution in [0, 0.1) is 12.8 Å². The van der Waals surface area contributed by atoms with Crippen LogP contribution < -0.4 is 0 Å². The molecule has 0 bridgehead atoms. The second-order valence-corrected chi connectivity index (χ2v) is 6.58. The summed E-state index contributed by atoms with van der Waals surface area (Å²) in [4.78, 5) is 13.9. The van der Waals surface area contributed by atoms with Crippen LogP contribution in [0.2, 0.25) is 5.02 Å². The molecule has 1 heterocycles. The lowest BCUT2D eigenvalue weighted by Crippen LogP contribution is -2.36. The van der Waals surface area contributed by atoms with Gasteiger partial charge >= 0.3 is 5.97 Å². The van der Waals surface area contributed by atoms with Crippen LogP contribution in [0.5, 0.6) is 0 Å². The predicted octanol–water partition coefficient (Wildman–Crippen LogP) is 3.80. The SMILES string of the molecule is COC(=O)C1CCN(Cc2c(C)cc(Br)cc2Cl)CC1. The van der Waals surface area contributed by atoms with E-state index < -0.39 is 0 Å². The van der Waals surface area contributed by atoms with E-state index in [2.05, 4.69) is 33.8 Å². The Morgan fingerprint density at radius 3 is 2.65 bits per heavy atom. The van der Waals surface area contributed by atoms with Crippen molar-refractivity contribution in [2.24, 2.45) is 5.92 Å². The Morgan fingerprint density at radius 1 is 1.45 bits per heavy atom. The van der Waals surface area contributed by atoms with Gasteiger partial charge in [-0.2, -0.15) is 0 Å². The van der Waals surface area contributed by atoms with Crippen molar-refractivity contribution in [1.82, 2.24) is 4.90 Å². The van der Waals surface area contributed by atoms with Crippen molar-refractivity contribution in [1.29, 1.82) is 0 Å². The van der Waals surface area contributed by atoms with Crippen molar-refractivity contribution in [3.8, 4) is 0 Å². The fourth-order valence-electron chi connectivity index (χ4n) is 2.65. The minimum atomic E-state index is -0.0810. The minimum Gasteiger partial charge on any atom is -0.469 e. The molecule has 0 aromatic heterocycles. The number of hydrogen-bond donors (Lipinski definition) is 0. The van der Waals surface area contributed by atoms with E-state index in [0.29, 0.717) is 0 Å². The van der Waals surface area contributed by atoms with Crippen LogP contribution in [0.3, 0.4) is 0 Å². The summed E-state index contributed by atoms with van der Waals surface area (Å²) in [5.74, 6) is -0.0276. The zero-order chi connectivity index (χ0) is 14.7. The maximum absolute atomic E-state index is 11.5. The summed E-state index contributed by atoms with van der Waals surface area (Å²) in [5, 5.41) is 0.798. The normalized spacial score (nSPS) is 17.2. The number of piperidine rings is 1. The molecule has 0 atom stereocenters. The summed E-state index contributed by atoms with van der Waals surface area (Å²) in [5.41, 5.74) is 2.37. The molecule has 5 heteroatoms. The zero-order valence-corrected chi connectivity index (χ0v) is 14.1. The third-order valence-corrected chi connectivity index (χ3v) is 4.68. The van der Waals surface area contributed by atoms with Crippen LogP contribution in [0.15, 0.2) is 16.6 Å². The van der Waals surface area contributed by atoms with E-state index in [4.69, 9.17) is 16.3 Å². The average molecular weight is 361 g/mol. The molecule has 1 aliphatic heterocycles. The van der Waals surface area contributed by atoms with Crippen LogP contribution >= 0.6 is 27.5 Å². The van der Waals surface area contributed by atoms with Gasteiger partial charge in [-0.25, -0.2) is 0 Å². The highest BCUT2D eigenvalue weighted by atomic mass is 79.9. The monoisotopic (exact) mass is 359 g/mol. The molecule has 110 valence electrons. The number of aryl methyl sites for hydroxylation is 1. The number of hydrogen-bond acceptors (Lipinski definition) is 3. The maximum atomic E-state index is 11.5. The first-order valence-electron chi connectivity index (χ1n) is 6.76. The fraction of sp³-hybridized carbons (Fsp3) is 0.533. The van der Waals surface area contributed by atoms with E-state index in [1.807, 2.05) is 6.07 Å². The summed E-state index contributed by atoms with van der Waals surface area (Å²) in [6.07, 6.45) is 1.72. The lowest BCUT2D eigenvalue weighted by Gasteiger charge is -2.31. The Balaban J connectivity index is 1.98. The second kappa shape index (κ2) is 6.92. The molecular formula is C15H19BrClNO2. The van der Waals surface area contributed by atoms with Gasteiger partial charge in [0.25, 0.3) is 0 Å². The predicted molar refractivity (Wildman–Crippen MR) is 83.9 cm³/mol. The van der Waals surface area contributed by atoms with Gasteiger partial charge in [0.2, 0.25) is 0 Å². The highest BCUT2D eigenvalue weighted by Gasteiger charge is 2.26. The van der Waals surface area contributed by atoms with Gasteiger partial charge in [-0.3, -0.25) is 9.69 Å². The molecule has 0 amide bonds. The summed E-state index contributed by atoms with van der Waals surface area (Å²) >= 11 is 9.78. The first-order chi connectivity index (χ1) is 9.51.